The molecule has 0 bridgehead atoms. The number of amidine groups is 1. The molecule has 1 aromatic heterocycles. The molecule has 0 saturated carbocycles. The molecule has 0 amide bonds. The zero-order chi connectivity index (χ0) is 15.2. The minimum atomic E-state index is 0.0126. The highest BCUT2D eigenvalue weighted by Crippen LogP contribution is 2.21. The number of benzene rings is 1. The van der Waals surface area contributed by atoms with Gasteiger partial charge < -0.3 is 15.7 Å². The highest BCUT2D eigenvalue weighted by molar-refractivity contribution is 6.00. The fourth-order valence-electron chi connectivity index (χ4n) is 2.24. The quantitative estimate of drug-likeness (QED) is 0.279. The Hall–Kier alpha value is -2.50. The van der Waals surface area contributed by atoms with Crippen molar-refractivity contribution in [3.8, 4) is 5.88 Å². The average molecular weight is 288 g/mol. The molecule has 0 spiro atoms. The first-order chi connectivity index (χ1) is 10.1. The number of nitrogens with zero attached hydrogens (tertiary/aromatic N) is 3. The van der Waals surface area contributed by atoms with Crippen molar-refractivity contribution in [1.82, 2.24) is 9.78 Å². The van der Waals surface area contributed by atoms with Gasteiger partial charge in [0, 0.05) is 7.05 Å². The number of aromatic nitrogens is 2. The minimum absolute atomic E-state index is 0.0126. The van der Waals surface area contributed by atoms with E-state index in [0.29, 0.717) is 23.7 Å². The average Bonchev–Trinajstić information content (AvgIpc) is 2.78. The van der Waals surface area contributed by atoms with Crippen molar-refractivity contribution in [2.24, 2.45) is 17.9 Å². The normalized spacial score (nSPS) is 11.6. The Labute approximate surface area is 123 Å². The van der Waals surface area contributed by atoms with Crippen molar-refractivity contribution < 1.29 is 9.94 Å². The van der Waals surface area contributed by atoms with Crippen molar-refractivity contribution in [2.75, 3.05) is 6.61 Å². The minimum Gasteiger partial charge on any atom is -0.477 e. The van der Waals surface area contributed by atoms with Gasteiger partial charge in [0.25, 0.3) is 0 Å². The summed E-state index contributed by atoms with van der Waals surface area (Å²) < 4.78 is 7.36. The van der Waals surface area contributed by atoms with Crippen LogP contribution in [0, 0.1) is 6.92 Å². The molecule has 1 heterocycles. The van der Waals surface area contributed by atoms with Gasteiger partial charge in [0.1, 0.15) is 5.56 Å². The highest BCUT2D eigenvalue weighted by Gasteiger charge is 2.18. The molecule has 2 aromatic rings. The lowest BCUT2D eigenvalue weighted by atomic mass is 10.1. The van der Waals surface area contributed by atoms with Gasteiger partial charge in [-0.2, -0.15) is 5.10 Å². The number of hydrogen-bond donors (Lipinski definition) is 2. The molecule has 1 aromatic carbocycles. The summed E-state index contributed by atoms with van der Waals surface area (Å²) in [6.45, 7) is 2.34. The second-order valence-electron chi connectivity index (χ2n) is 4.81. The topological polar surface area (TPSA) is 85.7 Å². The number of ether oxygens (including phenoxy) is 1. The molecule has 0 atom stereocenters. The molecule has 2 rings (SSSR count). The van der Waals surface area contributed by atoms with Gasteiger partial charge in [0.2, 0.25) is 5.88 Å². The number of rotatable bonds is 6. The lowest BCUT2D eigenvalue weighted by Gasteiger charge is -2.08. The van der Waals surface area contributed by atoms with Gasteiger partial charge in [0.15, 0.2) is 5.84 Å². The Bertz CT molecular complexity index is 620. The molecular formula is C15H20N4O2. The number of nitrogens with two attached hydrogens (primary N) is 1. The first kappa shape index (κ1) is 14.9. The van der Waals surface area contributed by atoms with Gasteiger partial charge in [-0.25, -0.2) is 4.68 Å². The molecule has 0 aliphatic carbocycles. The Morgan fingerprint density at radius 3 is 2.76 bits per heavy atom. The van der Waals surface area contributed by atoms with Crippen molar-refractivity contribution in [3.05, 3.63) is 47.2 Å². The van der Waals surface area contributed by atoms with Gasteiger partial charge >= 0.3 is 0 Å². The molecule has 0 unspecified atom stereocenters. The van der Waals surface area contributed by atoms with Crippen LogP contribution in [0.15, 0.2) is 35.5 Å². The van der Waals surface area contributed by atoms with E-state index in [1.807, 2.05) is 18.2 Å². The summed E-state index contributed by atoms with van der Waals surface area (Å²) in [6, 6.07) is 10.2. The second kappa shape index (κ2) is 6.78. The zero-order valence-corrected chi connectivity index (χ0v) is 12.3. The maximum absolute atomic E-state index is 8.84. The van der Waals surface area contributed by atoms with Crippen LogP contribution in [0.25, 0.3) is 0 Å². The monoisotopic (exact) mass is 288 g/mol. The molecule has 6 heteroatoms. The standard InChI is InChI=1S/C15H20N4O2/c1-11-13(14(16)18-20)15(19(2)17-11)21-10-6-9-12-7-4-3-5-8-12/h3-5,7-8,20H,6,9-10H2,1-2H3,(H2,16,18). The van der Waals surface area contributed by atoms with Gasteiger partial charge in [-0.1, -0.05) is 35.5 Å². The molecule has 3 N–H and O–H groups in total. The van der Waals surface area contributed by atoms with E-state index in [4.69, 9.17) is 15.7 Å². The third-order valence-electron chi connectivity index (χ3n) is 3.22. The van der Waals surface area contributed by atoms with Crippen molar-refractivity contribution >= 4 is 5.84 Å². The predicted octanol–water partition coefficient (Wildman–Crippen LogP) is 1.83. The number of hydrogen-bond acceptors (Lipinski definition) is 4. The van der Waals surface area contributed by atoms with Crippen LogP contribution in [0.5, 0.6) is 5.88 Å². The SMILES string of the molecule is Cc1nn(C)c(OCCCc2ccccc2)c1C(N)=NO. The Morgan fingerprint density at radius 2 is 2.10 bits per heavy atom. The first-order valence-corrected chi connectivity index (χ1v) is 6.81. The van der Waals surface area contributed by atoms with Gasteiger partial charge in [-0.05, 0) is 25.3 Å². The van der Waals surface area contributed by atoms with E-state index in [9.17, 15) is 0 Å². The van der Waals surface area contributed by atoms with Crippen LogP contribution in [-0.4, -0.2) is 27.4 Å². The first-order valence-electron chi connectivity index (χ1n) is 6.81. The Kier molecular flexibility index (Phi) is 4.81. The molecule has 0 fully saturated rings. The lowest BCUT2D eigenvalue weighted by molar-refractivity contribution is 0.283. The highest BCUT2D eigenvalue weighted by atomic mass is 16.5. The fourth-order valence-corrected chi connectivity index (χ4v) is 2.24. The lowest BCUT2D eigenvalue weighted by Crippen LogP contribution is -2.16. The van der Waals surface area contributed by atoms with E-state index < -0.39 is 0 Å². The Morgan fingerprint density at radius 1 is 1.38 bits per heavy atom. The van der Waals surface area contributed by atoms with E-state index in [-0.39, 0.29) is 5.84 Å². The van der Waals surface area contributed by atoms with Crippen LogP contribution in [0.4, 0.5) is 0 Å². The summed E-state index contributed by atoms with van der Waals surface area (Å²) in [5, 5.41) is 16.1. The summed E-state index contributed by atoms with van der Waals surface area (Å²) in [4.78, 5) is 0. The summed E-state index contributed by atoms with van der Waals surface area (Å²) in [6.07, 6.45) is 1.82. The summed E-state index contributed by atoms with van der Waals surface area (Å²) in [5.74, 6) is 0.537. The third-order valence-corrected chi connectivity index (χ3v) is 3.22. The van der Waals surface area contributed by atoms with Gasteiger partial charge in [-0.15, -0.1) is 0 Å². The molecule has 0 aliphatic rings. The largest absolute Gasteiger partial charge is 0.477 e. The van der Waals surface area contributed by atoms with Gasteiger partial charge in [0.05, 0.1) is 12.3 Å². The summed E-state index contributed by atoms with van der Waals surface area (Å²) in [7, 11) is 1.77. The van der Waals surface area contributed by atoms with E-state index in [1.54, 1.807) is 18.7 Å². The van der Waals surface area contributed by atoms with Crippen LogP contribution in [0.3, 0.4) is 0 Å². The number of oxime groups is 1. The van der Waals surface area contributed by atoms with E-state index >= 15 is 0 Å². The third kappa shape index (κ3) is 3.53. The van der Waals surface area contributed by atoms with Crippen LogP contribution in [-0.2, 0) is 13.5 Å². The molecule has 0 aliphatic heterocycles. The van der Waals surface area contributed by atoms with Crippen LogP contribution < -0.4 is 10.5 Å². The Balaban J connectivity index is 1.97. The second-order valence-corrected chi connectivity index (χ2v) is 4.81. The molecule has 112 valence electrons. The van der Waals surface area contributed by atoms with E-state index in [1.165, 1.54) is 5.56 Å². The maximum atomic E-state index is 8.84. The fraction of sp³-hybridized carbons (Fsp3) is 0.333. The molecule has 0 saturated heterocycles. The summed E-state index contributed by atoms with van der Waals surface area (Å²) in [5.41, 5.74) is 8.16. The molecule has 21 heavy (non-hydrogen) atoms. The van der Waals surface area contributed by atoms with Crippen LogP contribution in [0.2, 0.25) is 0 Å². The van der Waals surface area contributed by atoms with Crippen LogP contribution in [0.1, 0.15) is 23.2 Å². The van der Waals surface area contributed by atoms with E-state index in [2.05, 4.69) is 22.4 Å². The maximum Gasteiger partial charge on any atom is 0.223 e. The smallest absolute Gasteiger partial charge is 0.223 e. The van der Waals surface area contributed by atoms with Crippen molar-refractivity contribution in [3.63, 3.8) is 0 Å². The van der Waals surface area contributed by atoms with Crippen molar-refractivity contribution in [2.45, 2.75) is 19.8 Å². The predicted molar refractivity (Wildman–Crippen MR) is 80.7 cm³/mol. The van der Waals surface area contributed by atoms with Gasteiger partial charge in [-0.3, -0.25) is 0 Å². The van der Waals surface area contributed by atoms with Crippen molar-refractivity contribution in [1.29, 1.82) is 0 Å². The van der Waals surface area contributed by atoms with Crippen LogP contribution >= 0.6 is 0 Å². The zero-order valence-electron chi connectivity index (χ0n) is 12.3. The number of aryl methyl sites for hydroxylation is 3. The molecular weight excluding hydrogens is 268 g/mol. The van der Waals surface area contributed by atoms with E-state index in [0.717, 1.165) is 12.8 Å². The summed E-state index contributed by atoms with van der Waals surface area (Å²) >= 11 is 0. The molecule has 0 radical (unpaired) electrons. The molecule has 6 nitrogen and oxygen atoms in total.